The lowest BCUT2D eigenvalue weighted by Crippen LogP contribution is -2.20. The molecule has 0 spiro atoms. The van der Waals surface area contributed by atoms with Gasteiger partial charge in [-0.1, -0.05) is 30.3 Å². The molecule has 0 saturated carbocycles. The molecule has 0 fully saturated rings. The Labute approximate surface area is 86.8 Å². The van der Waals surface area contributed by atoms with Gasteiger partial charge in [-0.25, -0.2) is 4.39 Å². The van der Waals surface area contributed by atoms with E-state index in [2.05, 4.69) is 0 Å². The van der Waals surface area contributed by atoms with Crippen LogP contribution in [0.5, 0.6) is 0 Å². The van der Waals surface area contributed by atoms with E-state index in [0.29, 0.717) is 5.56 Å². The summed E-state index contributed by atoms with van der Waals surface area (Å²) in [6, 6.07) is 7.35. The standard InChI is InChI=1S/C11H12F3N/c1-15(2)10(9(12)11(13)14)8-6-4-3-5-7-8/h3-7,10H,1-2H3. The number of benzene rings is 1. The van der Waals surface area contributed by atoms with Gasteiger partial charge < -0.3 is 0 Å². The van der Waals surface area contributed by atoms with Gasteiger partial charge in [0.25, 0.3) is 0 Å². The van der Waals surface area contributed by atoms with Crippen molar-refractivity contribution in [3.63, 3.8) is 0 Å². The molecule has 1 rings (SSSR count). The first-order chi connectivity index (χ1) is 7.04. The first-order valence-electron chi connectivity index (χ1n) is 4.46. The van der Waals surface area contributed by atoms with Gasteiger partial charge in [0.15, 0.2) is 5.83 Å². The summed E-state index contributed by atoms with van der Waals surface area (Å²) in [4.78, 5) is 1.41. The lowest BCUT2D eigenvalue weighted by Gasteiger charge is -2.22. The van der Waals surface area contributed by atoms with Gasteiger partial charge in [0.2, 0.25) is 0 Å². The van der Waals surface area contributed by atoms with Crippen LogP contribution in [0.4, 0.5) is 13.2 Å². The second kappa shape index (κ2) is 4.98. The number of hydrogen-bond acceptors (Lipinski definition) is 1. The maximum Gasteiger partial charge on any atom is 0.303 e. The number of rotatable bonds is 3. The Kier molecular flexibility index (Phi) is 3.91. The summed E-state index contributed by atoms with van der Waals surface area (Å²) in [5, 5.41) is 0. The number of nitrogens with zero attached hydrogens (tertiary/aromatic N) is 1. The van der Waals surface area contributed by atoms with Crippen molar-refractivity contribution in [1.29, 1.82) is 0 Å². The molecule has 82 valence electrons. The molecule has 0 radical (unpaired) electrons. The van der Waals surface area contributed by atoms with Crippen molar-refractivity contribution >= 4 is 0 Å². The largest absolute Gasteiger partial charge is 0.303 e. The van der Waals surface area contributed by atoms with Crippen molar-refractivity contribution in [2.24, 2.45) is 0 Å². The zero-order chi connectivity index (χ0) is 11.4. The van der Waals surface area contributed by atoms with E-state index in [4.69, 9.17) is 0 Å². The highest BCUT2D eigenvalue weighted by Gasteiger charge is 2.23. The van der Waals surface area contributed by atoms with Crippen LogP contribution in [0, 0.1) is 0 Å². The first-order valence-corrected chi connectivity index (χ1v) is 4.46. The molecule has 0 heterocycles. The minimum absolute atomic E-state index is 0.507. The van der Waals surface area contributed by atoms with Crippen molar-refractivity contribution < 1.29 is 13.2 Å². The fourth-order valence-corrected chi connectivity index (χ4v) is 1.41. The molecule has 1 aromatic carbocycles. The Balaban J connectivity index is 3.11. The highest BCUT2D eigenvalue weighted by molar-refractivity contribution is 5.25. The lowest BCUT2D eigenvalue weighted by atomic mass is 10.1. The minimum Gasteiger partial charge on any atom is -0.296 e. The molecule has 0 aliphatic carbocycles. The lowest BCUT2D eigenvalue weighted by molar-refractivity contribution is 0.264. The number of likely N-dealkylation sites (N-methyl/N-ethyl adjacent to an activating group) is 1. The van der Waals surface area contributed by atoms with E-state index in [1.807, 2.05) is 0 Å². The predicted molar refractivity (Wildman–Crippen MR) is 53.2 cm³/mol. The van der Waals surface area contributed by atoms with Crippen LogP contribution in [0.1, 0.15) is 11.6 Å². The third kappa shape index (κ3) is 2.83. The van der Waals surface area contributed by atoms with E-state index in [-0.39, 0.29) is 0 Å². The van der Waals surface area contributed by atoms with E-state index < -0.39 is 17.9 Å². The van der Waals surface area contributed by atoms with Crippen LogP contribution >= 0.6 is 0 Å². The van der Waals surface area contributed by atoms with Crippen LogP contribution in [-0.4, -0.2) is 19.0 Å². The normalized spacial score (nSPS) is 12.7. The summed E-state index contributed by atoms with van der Waals surface area (Å²) < 4.78 is 37.6. The van der Waals surface area contributed by atoms with Crippen molar-refractivity contribution in [2.75, 3.05) is 14.1 Å². The molecular formula is C11H12F3N. The molecule has 4 heteroatoms. The third-order valence-corrected chi connectivity index (χ3v) is 2.05. The van der Waals surface area contributed by atoms with Gasteiger partial charge in [0, 0.05) is 0 Å². The molecule has 0 amide bonds. The molecule has 1 aromatic rings. The zero-order valence-electron chi connectivity index (χ0n) is 8.55. The third-order valence-electron chi connectivity index (χ3n) is 2.05. The average molecular weight is 215 g/mol. The van der Waals surface area contributed by atoms with Crippen LogP contribution in [0.3, 0.4) is 0 Å². The fraction of sp³-hybridized carbons (Fsp3) is 0.273. The molecule has 0 aliphatic heterocycles. The van der Waals surface area contributed by atoms with Crippen molar-refractivity contribution in [3.05, 3.63) is 47.8 Å². The number of halogens is 3. The van der Waals surface area contributed by atoms with Crippen molar-refractivity contribution in [3.8, 4) is 0 Å². The molecular weight excluding hydrogens is 203 g/mol. The van der Waals surface area contributed by atoms with Gasteiger partial charge in [0.05, 0.1) is 6.04 Å². The van der Waals surface area contributed by atoms with E-state index in [9.17, 15) is 13.2 Å². The molecule has 0 bridgehead atoms. The Hall–Kier alpha value is -1.29. The minimum atomic E-state index is -2.27. The summed E-state index contributed by atoms with van der Waals surface area (Å²) in [7, 11) is 3.11. The molecule has 0 aromatic heterocycles. The highest BCUT2D eigenvalue weighted by Crippen LogP contribution is 2.30. The zero-order valence-corrected chi connectivity index (χ0v) is 8.55. The SMILES string of the molecule is CN(C)C(C(F)=C(F)F)c1ccccc1. The molecule has 1 unspecified atom stereocenters. The molecule has 0 saturated heterocycles. The van der Waals surface area contributed by atoms with Gasteiger partial charge in [-0.15, -0.1) is 0 Å². The van der Waals surface area contributed by atoms with Gasteiger partial charge in [0.1, 0.15) is 0 Å². The van der Waals surface area contributed by atoms with Crippen molar-refractivity contribution in [1.82, 2.24) is 4.90 Å². The topological polar surface area (TPSA) is 3.24 Å². The summed E-state index contributed by atoms with van der Waals surface area (Å²) in [6.07, 6.45) is -2.27. The fourth-order valence-electron chi connectivity index (χ4n) is 1.41. The van der Waals surface area contributed by atoms with E-state index in [0.717, 1.165) is 0 Å². The van der Waals surface area contributed by atoms with E-state index in [1.165, 1.54) is 4.90 Å². The maximum atomic E-state index is 13.2. The average Bonchev–Trinajstić information content (AvgIpc) is 2.18. The van der Waals surface area contributed by atoms with Crippen LogP contribution < -0.4 is 0 Å². The van der Waals surface area contributed by atoms with Gasteiger partial charge in [-0.05, 0) is 19.7 Å². The summed E-state index contributed by atoms with van der Waals surface area (Å²) in [6.45, 7) is 0. The monoisotopic (exact) mass is 215 g/mol. The molecule has 1 atom stereocenters. The second-order valence-electron chi connectivity index (χ2n) is 3.39. The van der Waals surface area contributed by atoms with Crippen LogP contribution in [0.15, 0.2) is 42.2 Å². The highest BCUT2D eigenvalue weighted by atomic mass is 19.3. The maximum absolute atomic E-state index is 13.2. The van der Waals surface area contributed by atoms with Gasteiger partial charge in [-0.2, -0.15) is 8.78 Å². The Morgan fingerprint density at radius 3 is 2.00 bits per heavy atom. The molecule has 1 nitrogen and oxygen atoms in total. The Morgan fingerprint density at radius 2 is 1.60 bits per heavy atom. The van der Waals surface area contributed by atoms with Crippen LogP contribution in [0.25, 0.3) is 0 Å². The smallest absolute Gasteiger partial charge is 0.296 e. The molecule has 0 N–H and O–H groups in total. The predicted octanol–water partition coefficient (Wildman–Crippen LogP) is 3.37. The summed E-state index contributed by atoms with van der Waals surface area (Å²) in [5.41, 5.74) is 0.507. The first kappa shape index (κ1) is 11.8. The van der Waals surface area contributed by atoms with Crippen molar-refractivity contribution in [2.45, 2.75) is 6.04 Å². The molecule has 0 aliphatic rings. The second-order valence-corrected chi connectivity index (χ2v) is 3.39. The summed E-state index contributed by atoms with van der Waals surface area (Å²) >= 11 is 0. The van der Waals surface area contributed by atoms with Crippen LogP contribution in [-0.2, 0) is 0 Å². The Bertz CT molecular complexity index is 342. The summed E-state index contributed by atoms with van der Waals surface area (Å²) in [5.74, 6) is -1.40. The number of hydrogen-bond donors (Lipinski definition) is 0. The quantitative estimate of drug-likeness (QED) is 0.747. The van der Waals surface area contributed by atoms with E-state index in [1.54, 1.807) is 44.4 Å². The van der Waals surface area contributed by atoms with Crippen LogP contribution in [0.2, 0.25) is 0 Å². The Morgan fingerprint density at radius 1 is 1.07 bits per heavy atom. The van der Waals surface area contributed by atoms with E-state index >= 15 is 0 Å². The molecule has 15 heavy (non-hydrogen) atoms. The van der Waals surface area contributed by atoms with Gasteiger partial charge in [-0.3, -0.25) is 4.90 Å². The van der Waals surface area contributed by atoms with Gasteiger partial charge >= 0.3 is 6.08 Å².